The van der Waals surface area contributed by atoms with E-state index in [1.807, 2.05) is 0 Å². The van der Waals surface area contributed by atoms with E-state index in [1.165, 1.54) is 6.07 Å². The van der Waals surface area contributed by atoms with Gasteiger partial charge in [-0.25, -0.2) is 4.79 Å². The summed E-state index contributed by atoms with van der Waals surface area (Å²) in [6, 6.07) is 1.39. The summed E-state index contributed by atoms with van der Waals surface area (Å²) < 4.78 is 4.99. The van der Waals surface area contributed by atoms with Gasteiger partial charge >= 0.3 is 5.97 Å². The maximum atomic E-state index is 11.6. The smallest absolute Gasteiger partial charge is 0.355 e. The van der Waals surface area contributed by atoms with Crippen LogP contribution < -0.4 is 11.3 Å². The van der Waals surface area contributed by atoms with Crippen molar-refractivity contribution >= 4 is 23.0 Å². The molecule has 0 bridgehead atoms. The lowest BCUT2D eigenvalue weighted by Crippen LogP contribution is -2.11. The van der Waals surface area contributed by atoms with Gasteiger partial charge in [-0.1, -0.05) is 0 Å². The van der Waals surface area contributed by atoms with E-state index in [0.29, 0.717) is 0 Å². The minimum absolute atomic E-state index is 0.00636. The number of H-pyrrole nitrogens is 2. The molecule has 0 amide bonds. The highest BCUT2D eigenvalue weighted by Gasteiger charge is 2.14. The first-order valence-corrected chi connectivity index (χ1v) is 5.07. The Morgan fingerprint density at radius 3 is 2.82 bits per heavy atom. The Hall–Kier alpha value is -2.31. The fourth-order valence-electron chi connectivity index (χ4n) is 1.42. The van der Waals surface area contributed by atoms with Crippen LogP contribution in [0.3, 0.4) is 0 Å². The molecule has 0 radical (unpaired) electrons. The molecule has 0 aliphatic heterocycles. The van der Waals surface area contributed by atoms with E-state index >= 15 is 0 Å². The zero-order valence-corrected chi connectivity index (χ0v) is 9.40. The first kappa shape index (κ1) is 11.2. The predicted molar refractivity (Wildman–Crippen MR) is 61.7 cm³/mol. The van der Waals surface area contributed by atoms with Crippen LogP contribution in [-0.4, -0.2) is 27.0 Å². The monoisotopic (exact) mass is 236 g/mol. The topological polar surface area (TPSA) is 114 Å². The van der Waals surface area contributed by atoms with E-state index in [0.717, 1.165) is 0 Å². The summed E-state index contributed by atoms with van der Waals surface area (Å²) in [5.41, 5.74) is 5.44. The van der Waals surface area contributed by atoms with Gasteiger partial charge in [-0.3, -0.25) is 9.78 Å². The summed E-state index contributed by atoms with van der Waals surface area (Å²) in [7, 11) is 0. The molecule has 0 aliphatic carbocycles. The van der Waals surface area contributed by atoms with Crippen molar-refractivity contribution in [2.75, 3.05) is 5.73 Å². The number of fused-ring (bicyclic) bond motifs is 1. The Morgan fingerprint density at radius 1 is 1.47 bits per heavy atom. The summed E-state index contributed by atoms with van der Waals surface area (Å²) in [4.78, 5) is 32.0. The number of nitrogen functional groups attached to an aromatic ring is 1. The van der Waals surface area contributed by atoms with E-state index in [-0.39, 0.29) is 28.8 Å². The lowest BCUT2D eigenvalue weighted by Gasteiger charge is -2.05. The number of esters is 1. The zero-order valence-electron chi connectivity index (χ0n) is 9.40. The molecule has 0 saturated carbocycles. The number of aromatic nitrogens is 3. The van der Waals surface area contributed by atoms with Crippen molar-refractivity contribution in [3.05, 3.63) is 22.1 Å². The SMILES string of the molecule is CC(C)OC(=O)c1cc2c(=O)[nH]c(N)nc2[nH]1. The zero-order chi connectivity index (χ0) is 12.6. The first-order chi connectivity index (χ1) is 7.97. The molecule has 4 N–H and O–H groups in total. The quantitative estimate of drug-likeness (QED) is 0.653. The molecule has 0 fully saturated rings. The van der Waals surface area contributed by atoms with Crippen molar-refractivity contribution in [2.45, 2.75) is 20.0 Å². The van der Waals surface area contributed by atoms with Gasteiger partial charge in [0, 0.05) is 0 Å². The number of carbonyl (C=O) groups is 1. The third kappa shape index (κ3) is 2.12. The molecule has 2 heterocycles. The van der Waals surface area contributed by atoms with Crippen LogP contribution in [-0.2, 0) is 4.74 Å². The van der Waals surface area contributed by atoms with Crippen LogP contribution in [0.15, 0.2) is 10.9 Å². The minimum atomic E-state index is -0.532. The van der Waals surface area contributed by atoms with Crippen LogP contribution in [0.25, 0.3) is 11.0 Å². The number of nitrogens with zero attached hydrogens (tertiary/aromatic N) is 1. The number of hydrogen-bond acceptors (Lipinski definition) is 5. The molecule has 2 aromatic heterocycles. The van der Waals surface area contributed by atoms with Gasteiger partial charge < -0.3 is 15.5 Å². The number of rotatable bonds is 2. The standard InChI is InChI=1S/C10H12N4O3/c1-4(2)17-9(16)6-3-5-7(12-6)13-10(11)14-8(5)15/h3-4H,1-2H3,(H4,11,12,13,14,15). The second kappa shape index (κ2) is 3.93. The lowest BCUT2D eigenvalue weighted by molar-refractivity contribution is 0.0372. The number of aromatic amines is 2. The van der Waals surface area contributed by atoms with E-state index in [1.54, 1.807) is 13.8 Å². The van der Waals surface area contributed by atoms with Crippen LogP contribution in [0.4, 0.5) is 5.95 Å². The Balaban J connectivity index is 2.48. The molecule has 90 valence electrons. The summed E-state index contributed by atoms with van der Waals surface area (Å²) in [6.07, 6.45) is -0.231. The third-order valence-electron chi connectivity index (χ3n) is 2.08. The van der Waals surface area contributed by atoms with Gasteiger partial charge in [0.05, 0.1) is 11.5 Å². The van der Waals surface area contributed by atoms with Crippen LogP contribution >= 0.6 is 0 Å². The Kier molecular flexibility index (Phi) is 2.58. The van der Waals surface area contributed by atoms with Gasteiger partial charge in [-0.15, -0.1) is 0 Å². The average molecular weight is 236 g/mol. The molecular weight excluding hydrogens is 224 g/mol. The fourth-order valence-corrected chi connectivity index (χ4v) is 1.42. The molecule has 0 saturated heterocycles. The molecule has 7 nitrogen and oxygen atoms in total. The van der Waals surface area contributed by atoms with Gasteiger partial charge in [-0.05, 0) is 19.9 Å². The summed E-state index contributed by atoms with van der Waals surface area (Å²) in [5.74, 6) is -0.538. The summed E-state index contributed by atoms with van der Waals surface area (Å²) in [6.45, 7) is 3.48. The number of carbonyl (C=O) groups excluding carboxylic acids is 1. The van der Waals surface area contributed by atoms with E-state index < -0.39 is 11.5 Å². The molecule has 0 unspecified atom stereocenters. The van der Waals surface area contributed by atoms with Crippen molar-refractivity contribution in [1.29, 1.82) is 0 Å². The van der Waals surface area contributed by atoms with Crippen molar-refractivity contribution in [1.82, 2.24) is 15.0 Å². The maximum absolute atomic E-state index is 11.6. The van der Waals surface area contributed by atoms with Gasteiger partial charge in [0.15, 0.2) is 0 Å². The molecule has 0 aliphatic rings. The van der Waals surface area contributed by atoms with Gasteiger partial charge in [0.25, 0.3) is 5.56 Å². The average Bonchev–Trinajstić information content (AvgIpc) is 2.60. The molecule has 2 rings (SSSR count). The van der Waals surface area contributed by atoms with Crippen LogP contribution in [0.2, 0.25) is 0 Å². The molecule has 17 heavy (non-hydrogen) atoms. The normalized spacial score (nSPS) is 11.0. The van der Waals surface area contributed by atoms with Crippen LogP contribution in [0, 0.1) is 0 Å². The van der Waals surface area contributed by atoms with E-state index in [9.17, 15) is 9.59 Å². The maximum Gasteiger partial charge on any atom is 0.355 e. The summed E-state index contributed by atoms with van der Waals surface area (Å²) >= 11 is 0. The number of hydrogen-bond donors (Lipinski definition) is 3. The fraction of sp³-hybridized carbons (Fsp3) is 0.300. The van der Waals surface area contributed by atoms with Crippen molar-refractivity contribution in [3.63, 3.8) is 0 Å². The lowest BCUT2D eigenvalue weighted by atomic mass is 10.3. The molecular formula is C10H12N4O3. The molecule has 7 heteroatoms. The molecule has 0 spiro atoms. The minimum Gasteiger partial charge on any atom is -0.458 e. The molecule has 2 aromatic rings. The van der Waals surface area contributed by atoms with Crippen molar-refractivity contribution in [3.8, 4) is 0 Å². The summed E-state index contributed by atoms with van der Waals surface area (Å²) in [5, 5.41) is 0.273. The van der Waals surface area contributed by atoms with E-state index in [2.05, 4.69) is 15.0 Å². The van der Waals surface area contributed by atoms with Crippen LogP contribution in [0.5, 0.6) is 0 Å². The number of nitrogens with two attached hydrogens (primary N) is 1. The highest BCUT2D eigenvalue weighted by molar-refractivity contribution is 5.93. The largest absolute Gasteiger partial charge is 0.458 e. The predicted octanol–water partition coefficient (Wildman–Crippen LogP) is 0.399. The van der Waals surface area contributed by atoms with Gasteiger partial charge in [-0.2, -0.15) is 4.98 Å². The van der Waals surface area contributed by atoms with E-state index in [4.69, 9.17) is 10.5 Å². The Bertz CT molecular complexity index is 626. The molecule has 0 atom stereocenters. The van der Waals surface area contributed by atoms with Gasteiger partial charge in [0.1, 0.15) is 11.3 Å². The number of ether oxygens (including phenoxy) is 1. The number of anilines is 1. The Labute approximate surface area is 96.0 Å². The van der Waals surface area contributed by atoms with Crippen molar-refractivity contribution in [2.24, 2.45) is 0 Å². The Morgan fingerprint density at radius 2 is 2.18 bits per heavy atom. The molecule has 0 aromatic carbocycles. The third-order valence-corrected chi connectivity index (χ3v) is 2.08. The first-order valence-electron chi connectivity index (χ1n) is 5.07. The second-order valence-corrected chi connectivity index (χ2v) is 3.85. The highest BCUT2D eigenvalue weighted by atomic mass is 16.5. The van der Waals surface area contributed by atoms with Crippen LogP contribution in [0.1, 0.15) is 24.3 Å². The number of nitrogens with one attached hydrogen (secondary N) is 2. The van der Waals surface area contributed by atoms with Gasteiger partial charge in [0.2, 0.25) is 5.95 Å². The van der Waals surface area contributed by atoms with Crippen molar-refractivity contribution < 1.29 is 9.53 Å². The highest BCUT2D eigenvalue weighted by Crippen LogP contribution is 2.11. The second-order valence-electron chi connectivity index (χ2n) is 3.85.